The molecule has 1 atom stereocenters. The van der Waals surface area contributed by atoms with Gasteiger partial charge in [-0.2, -0.15) is 0 Å². The lowest BCUT2D eigenvalue weighted by molar-refractivity contribution is 0.348. The number of nitrogens with two attached hydrogens (primary N) is 1. The number of hydrogen-bond donors (Lipinski definition) is 1. The van der Waals surface area contributed by atoms with Gasteiger partial charge in [-0.3, -0.25) is 0 Å². The van der Waals surface area contributed by atoms with Gasteiger partial charge in [0.1, 0.15) is 0 Å². The molecule has 0 aliphatic heterocycles. The van der Waals surface area contributed by atoms with Gasteiger partial charge >= 0.3 is 0 Å². The van der Waals surface area contributed by atoms with Gasteiger partial charge in [0.15, 0.2) is 0 Å². The Labute approximate surface area is 106 Å². The van der Waals surface area contributed by atoms with Crippen LogP contribution < -0.4 is 5.73 Å². The predicted octanol–water partition coefficient (Wildman–Crippen LogP) is 4.12. The summed E-state index contributed by atoms with van der Waals surface area (Å²) in [5.74, 6) is 0.671. The van der Waals surface area contributed by atoms with Crippen LogP contribution in [0.5, 0.6) is 0 Å². The van der Waals surface area contributed by atoms with E-state index in [0.29, 0.717) is 5.92 Å². The Kier molecular flexibility index (Phi) is 5.20. The van der Waals surface area contributed by atoms with Crippen molar-refractivity contribution in [2.24, 2.45) is 11.1 Å². The topological polar surface area (TPSA) is 26.0 Å². The molecule has 0 spiro atoms. The molecule has 0 saturated heterocycles. The molecule has 0 bridgehead atoms. The third-order valence-electron chi connectivity index (χ3n) is 3.80. The van der Waals surface area contributed by atoms with Gasteiger partial charge in [0.25, 0.3) is 0 Å². The molecule has 0 saturated carbocycles. The summed E-state index contributed by atoms with van der Waals surface area (Å²) >= 11 is 0. The van der Waals surface area contributed by atoms with Crippen molar-refractivity contribution in [3.05, 3.63) is 35.4 Å². The molecule has 17 heavy (non-hydrogen) atoms. The van der Waals surface area contributed by atoms with Crippen LogP contribution in [0, 0.1) is 5.41 Å². The lowest BCUT2D eigenvalue weighted by Crippen LogP contribution is -2.24. The molecule has 1 aromatic rings. The van der Waals surface area contributed by atoms with Gasteiger partial charge in [0.2, 0.25) is 0 Å². The Bertz CT molecular complexity index is 324. The van der Waals surface area contributed by atoms with E-state index >= 15 is 0 Å². The Morgan fingerprint density at radius 1 is 1.18 bits per heavy atom. The smallest absolute Gasteiger partial charge is 0.00257 e. The van der Waals surface area contributed by atoms with E-state index in [0.717, 1.165) is 19.4 Å². The molecule has 1 heteroatoms. The van der Waals surface area contributed by atoms with Gasteiger partial charge in [-0.05, 0) is 48.3 Å². The van der Waals surface area contributed by atoms with Crippen molar-refractivity contribution in [1.82, 2.24) is 0 Å². The summed E-state index contributed by atoms with van der Waals surface area (Å²) in [4.78, 5) is 0. The van der Waals surface area contributed by atoms with Gasteiger partial charge in [-0.1, -0.05) is 52.0 Å². The third kappa shape index (κ3) is 4.51. The highest BCUT2D eigenvalue weighted by Gasteiger charge is 2.15. The molecule has 1 rings (SSSR count). The monoisotopic (exact) mass is 233 g/mol. The van der Waals surface area contributed by atoms with Crippen LogP contribution in [0.2, 0.25) is 0 Å². The summed E-state index contributed by atoms with van der Waals surface area (Å²) in [7, 11) is 0. The molecule has 0 radical (unpaired) electrons. The van der Waals surface area contributed by atoms with Crippen LogP contribution in [0.4, 0.5) is 0 Å². The fourth-order valence-corrected chi connectivity index (χ4v) is 1.83. The zero-order valence-corrected chi connectivity index (χ0v) is 11.8. The largest absolute Gasteiger partial charge is 0.330 e. The molecule has 0 aromatic heterocycles. The lowest BCUT2D eigenvalue weighted by Gasteiger charge is -2.22. The van der Waals surface area contributed by atoms with E-state index < -0.39 is 0 Å². The van der Waals surface area contributed by atoms with E-state index in [9.17, 15) is 0 Å². The Hall–Kier alpha value is -0.820. The fourth-order valence-electron chi connectivity index (χ4n) is 1.83. The molecule has 0 amide bonds. The summed E-state index contributed by atoms with van der Waals surface area (Å²) in [6, 6.07) is 9.10. The van der Waals surface area contributed by atoms with Gasteiger partial charge in [0.05, 0.1) is 0 Å². The minimum atomic E-state index is 0.259. The standard InChI is InChI=1S/C16H27N/c1-5-13(2)15-8-6-14(7-9-15)10-11-16(3,4)12-17/h6-9,13H,5,10-12,17H2,1-4H3. The normalized spacial score (nSPS) is 13.7. The van der Waals surface area contributed by atoms with Crippen molar-refractivity contribution < 1.29 is 0 Å². The molecule has 96 valence electrons. The second-order valence-electron chi connectivity index (χ2n) is 5.92. The highest BCUT2D eigenvalue weighted by Crippen LogP contribution is 2.23. The van der Waals surface area contributed by atoms with Gasteiger partial charge in [-0.25, -0.2) is 0 Å². The third-order valence-corrected chi connectivity index (χ3v) is 3.80. The van der Waals surface area contributed by atoms with Crippen molar-refractivity contribution in [2.75, 3.05) is 6.54 Å². The lowest BCUT2D eigenvalue weighted by atomic mass is 9.86. The van der Waals surface area contributed by atoms with Gasteiger partial charge < -0.3 is 5.73 Å². The van der Waals surface area contributed by atoms with Crippen LogP contribution >= 0.6 is 0 Å². The summed E-state index contributed by atoms with van der Waals surface area (Å²) in [6.45, 7) is 9.76. The Morgan fingerprint density at radius 2 is 1.76 bits per heavy atom. The van der Waals surface area contributed by atoms with Gasteiger partial charge in [0, 0.05) is 0 Å². The fraction of sp³-hybridized carbons (Fsp3) is 0.625. The summed E-state index contributed by atoms with van der Waals surface area (Å²) in [5, 5.41) is 0. The molecule has 1 nitrogen and oxygen atoms in total. The number of benzene rings is 1. The van der Waals surface area contributed by atoms with E-state index in [2.05, 4.69) is 52.0 Å². The Balaban J connectivity index is 2.57. The first-order valence-electron chi connectivity index (χ1n) is 6.77. The van der Waals surface area contributed by atoms with Crippen LogP contribution in [-0.4, -0.2) is 6.54 Å². The average Bonchev–Trinajstić information content (AvgIpc) is 2.36. The molecule has 0 aliphatic rings. The highest BCUT2D eigenvalue weighted by molar-refractivity contribution is 5.25. The van der Waals surface area contributed by atoms with Crippen LogP contribution in [0.25, 0.3) is 0 Å². The molecular weight excluding hydrogens is 206 g/mol. The van der Waals surface area contributed by atoms with Crippen LogP contribution in [-0.2, 0) is 6.42 Å². The molecule has 1 unspecified atom stereocenters. The quantitative estimate of drug-likeness (QED) is 0.786. The average molecular weight is 233 g/mol. The van der Waals surface area contributed by atoms with E-state index in [4.69, 9.17) is 5.73 Å². The van der Waals surface area contributed by atoms with Crippen molar-refractivity contribution in [2.45, 2.75) is 52.9 Å². The van der Waals surface area contributed by atoms with Crippen molar-refractivity contribution in [3.8, 4) is 0 Å². The first-order chi connectivity index (χ1) is 7.98. The predicted molar refractivity (Wildman–Crippen MR) is 76.3 cm³/mol. The molecule has 0 heterocycles. The summed E-state index contributed by atoms with van der Waals surface area (Å²) < 4.78 is 0. The minimum absolute atomic E-state index is 0.259. The number of rotatable bonds is 6. The summed E-state index contributed by atoms with van der Waals surface area (Å²) in [5.41, 5.74) is 8.89. The molecule has 1 aromatic carbocycles. The maximum absolute atomic E-state index is 5.75. The van der Waals surface area contributed by atoms with Crippen molar-refractivity contribution in [3.63, 3.8) is 0 Å². The first-order valence-corrected chi connectivity index (χ1v) is 6.77. The van der Waals surface area contributed by atoms with Crippen LogP contribution in [0.1, 0.15) is 57.6 Å². The molecule has 0 aliphatic carbocycles. The molecular formula is C16H27N. The van der Waals surface area contributed by atoms with Crippen molar-refractivity contribution in [1.29, 1.82) is 0 Å². The minimum Gasteiger partial charge on any atom is -0.330 e. The van der Waals surface area contributed by atoms with Crippen LogP contribution in [0.15, 0.2) is 24.3 Å². The maximum atomic E-state index is 5.75. The van der Waals surface area contributed by atoms with E-state index in [1.54, 1.807) is 0 Å². The number of hydrogen-bond acceptors (Lipinski definition) is 1. The zero-order valence-electron chi connectivity index (χ0n) is 11.8. The van der Waals surface area contributed by atoms with E-state index in [1.807, 2.05) is 0 Å². The van der Waals surface area contributed by atoms with Crippen LogP contribution in [0.3, 0.4) is 0 Å². The number of aryl methyl sites for hydroxylation is 1. The molecule has 2 N–H and O–H groups in total. The zero-order chi connectivity index (χ0) is 12.9. The maximum Gasteiger partial charge on any atom is -0.00257 e. The van der Waals surface area contributed by atoms with E-state index in [-0.39, 0.29) is 5.41 Å². The molecule has 0 fully saturated rings. The second-order valence-corrected chi connectivity index (χ2v) is 5.92. The Morgan fingerprint density at radius 3 is 2.24 bits per heavy atom. The van der Waals surface area contributed by atoms with E-state index in [1.165, 1.54) is 17.5 Å². The highest BCUT2D eigenvalue weighted by atomic mass is 14.6. The van der Waals surface area contributed by atoms with Gasteiger partial charge in [-0.15, -0.1) is 0 Å². The second kappa shape index (κ2) is 6.20. The first kappa shape index (κ1) is 14.2. The summed E-state index contributed by atoms with van der Waals surface area (Å²) in [6.07, 6.45) is 3.50. The SMILES string of the molecule is CCC(C)c1ccc(CCC(C)(C)CN)cc1. The van der Waals surface area contributed by atoms with Crippen molar-refractivity contribution >= 4 is 0 Å².